The van der Waals surface area contributed by atoms with Gasteiger partial charge in [-0.25, -0.2) is 15.0 Å². The van der Waals surface area contributed by atoms with Crippen molar-refractivity contribution in [3.05, 3.63) is 102 Å². The van der Waals surface area contributed by atoms with E-state index < -0.39 is 5.91 Å². The number of aryl methyl sites for hydroxylation is 1. The van der Waals surface area contributed by atoms with Crippen LogP contribution in [0.2, 0.25) is 0 Å². The molecular weight excluding hydrogens is 570 g/mol. The summed E-state index contributed by atoms with van der Waals surface area (Å²) < 4.78 is 5.39. The van der Waals surface area contributed by atoms with E-state index in [4.69, 9.17) is 10.2 Å². The zero-order valence-corrected chi connectivity index (χ0v) is 25.0. The number of primary amides is 1. The molecule has 12 nitrogen and oxygen atoms in total. The Hall–Kier alpha value is -5.46. The Kier molecular flexibility index (Phi) is 8.58. The van der Waals surface area contributed by atoms with Crippen molar-refractivity contribution in [3.63, 3.8) is 0 Å². The van der Waals surface area contributed by atoms with Gasteiger partial charge in [0.05, 0.1) is 11.3 Å². The molecule has 0 spiro atoms. The first kappa shape index (κ1) is 29.6. The summed E-state index contributed by atoms with van der Waals surface area (Å²) >= 11 is 0. The molecule has 0 bridgehead atoms. The molecule has 0 atom stereocenters. The fourth-order valence-electron chi connectivity index (χ4n) is 4.98. The highest BCUT2D eigenvalue weighted by Crippen LogP contribution is 2.27. The van der Waals surface area contributed by atoms with Crippen molar-refractivity contribution in [2.75, 3.05) is 43.9 Å². The molecule has 4 heterocycles. The van der Waals surface area contributed by atoms with Crippen molar-refractivity contribution in [2.45, 2.75) is 13.5 Å². The van der Waals surface area contributed by atoms with Crippen molar-refractivity contribution in [1.82, 2.24) is 29.7 Å². The topological polar surface area (TPSA) is 155 Å². The highest BCUT2D eigenvalue weighted by Gasteiger charge is 2.15. The van der Waals surface area contributed by atoms with Crippen LogP contribution in [0.1, 0.15) is 32.0 Å². The minimum atomic E-state index is -0.676. The number of piperazine rings is 1. The van der Waals surface area contributed by atoms with Crippen LogP contribution in [-0.4, -0.2) is 74.8 Å². The Morgan fingerprint density at radius 2 is 1.73 bits per heavy atom. The summed E-state index contributed by atoms with van der Waals surface area (Å²) in [5.74, 6) is -0.268. The van der Waals surface area contributed by atoms with Gasteiger partial charge >= 0.3 is 0 Å². The maximum atomic E-state index is 13.1. The number of anilines is 3. The molecule has 45 heavy (non-hydrogen) atoms. The van der Waals surface area contributed by atoms with E-state index in [1.165, 1.54) is 11.8 Å². The van der Waals surface area contributed by atoms with E-state index in [1.54, 1.807) is 30.7 Å². The lowest BCUT2D eigenvalue weighted by molar-refractivity contribution is 0.0993. The lowest BCUT2D eigenvalue weighted by Crippen LogP contribution is -2.43. The molecule has 2 aromatic carbocycles. The highest BCUT2D eigenvalue weighted by molar-refractivity contribution is 6.04. The van der Waals surface area contributed by atoms with E-state index >= 15 is 0 Å². The minimum absolute atomic E-state index is 0.0346. The molecule has 1 saturated heterocycles. The number of likely N-dealkylation sites (N-methyl/N-ethyl adjacent to an activating group) is 1. The molecule has 4 N–H and O–H groups in total. The molecule has 3 aromatic heterocycles. The smallest absolute Gasteiger partial charge is 0.270 e. The molecule has 12 heteroatoms. The van der Waals surface area contributed by atoms with E-state index in [2.05, 4.69) is 47.4 Å². The van der Waals surface area contributed by atoms with Crippen molar-refractivity contribution in [2.24, 2.45) is 5.73 Å². The second kappa shape index (κ2) is 13.0. The summed E-state index contributed by atoms with van der Waals surface area (Å²) in [6.45, 7) is 7.08. The maximum absolute atomic E-state index is 13.1. The number of carbonyl (C=O) groups is 2. The van der Waals surface area contributed by atoms with Crippen LogP contribution in [-0.2, 0) is 6.54 Å². The first-order valence-corrected chi connectivity index (χ1v) is 14.5. The summed E-state index contributed by atoms with van der Waals surface area (Å²) in [5, 5.41) is 6.26. The van der Waals surface area contributed by atoms with Crippen LogP contribution in [0.5, 0.6) is 0 Å². The summed E-state index contributed by atoms with van der Waals surface area (Å²) in [7, 11) is 2.15. The van der Waals surface area contributed by atoms with E-state index in [1.807, 2.05) is 49.4 Å². The van der Waals surface area contributed by atoms with E-state index in [-0.39, 0.29) is 17.5 Å². The third-order valence-electron chi connectivity index (χ3n) is 7.65. The lowest BCUT2D eigenvalue weighted by atomic mass is 10.1. The zero-order chi connectivity index (χ0) is 31.3. The van der Waals surface area contributed by atoms with Crippen molar-refractivity contribution >= 4 is 29.1 Å². The molecule has 5 aromatic rings. The van der Waals surface area contributed by atoms with Crippen LogP contribution in [0.4, 0.5) is 17.3 Å². The van der Waals surface area contributed by atoms with Gasteiger partial charge in [0.15, 0.2) is 5.69 Å². The second-order valence-electron chi connectivity index (χ2n) is 11.0. The Labute approximate surface area is 260 Å². The third kappa shape index (κ3) is 7.20. The fraction of sp³-hybridized carbons (Fsp3) is 0.212. The largest absolute Gasteiger partial charge is 0.444 e. The Morgan fingerprint density at radius 1 is 0.956 bits per heavy atom. The number of oxazole rings is 1. The van der Waals surface area contributed by atoms with Gasteiger partial charge < -0.3 is 25.7 Å². The average Bonchev–Trinajstić information content (AvgIpc) is 3.56. The summed E-state index contributed by atoms with van der Waals surface area (Å²) in [6.07, 6.45) is 6.09. The monoisotopic (exact) mass is 603 g/mol. The standard InChI is InChI=1S/C33H33N9O3/c1-21-3-8-26(37-31(44)23-6-4-22(5-7-23)19-42-13-11-41(2)12-14-42)16-28(21)40-33-36-10-9-27(39-33)24-15-25(18-35-17-24)32-38-29(20-45-32)30(34)43/h3-10,15-18,20H,11-14,19H2,1-2H3,(H2,34,43)(H,37,44)(H,36,39,40). The van der Waals surface area contributed by atoms with Gasteiger partial charge in [-0.05, 0) is 61.5 Å². The van der Waals surface area contributed by atoms with Crippen LogP contribution < -0.4 is 16.4 Å². The predicted molar refractivity (Wildman–Crippen MR) is 171 cm³/mol. The van der Waals surface area contributed by atoms with Crippen LogP contribution in [0, 0.1) is 6.92 Å². The number of hydrogen-bond acceptors (Lipinski definition) is 10. The Morgan fingerprint density at radius 3 is 2.49 bits per heavy atom. The highest BCUT2D eigenvalue weighted by atomic mass is 16.3. The Bertz CT molecular complexity index is 1830. The number of pyridine rings is 1. The molecule has 228 valence electrons. The zero-order valence-electron chi connectivity index (χ0n) is 25.0. The van der Waals surface area contributed by atoms with Gasteiger partial charge in [0, 0.05) is 73.8 Å². The normalized spacial score (nSPS) is 13.8. The maximum Gasteiger partial charge on any atom is 0.270 e. The van der Waals surface area contributed by atoms with Gasteiger partial charge in [0.2, 0.25) is 11.8 Å². The van der Waals surface area contributed by atoms with Crippen LogP contribution in [0.3, 0.4) is 0 Å². The number of nitrogens with one attached hydrogen (secondary N) is 2. The number of nitrogens with zero attached hydrogens (tertiary/aromatic N) is 6. The average molecular weight is 604 g/mol. The van der Waals surface area contributed by atoms with Gasteiger partial charge in [-0.15, -0.1) is 0 Å². The number of nitrogens with two attached hydrogens (primary N) is 1. The van der Waals surface area contributed by atoms with Crippen LogP contribution in [0.25, 0.3) is 22.7 Å². The van der Waals surface area contributed by atoms with Crippen LogP contribution in [0.15, 0.2) is 83.9 Å². The molecular formula is C33H33N9O3. The molecule has 0 saturated carbocycles. The SMILES string of the molecule is Cc1ccc(NC(=O)c2ccc(CN3CCN(C)CC3)cc2)cc1Nc1nccc(-c2cncc(-c3nc(C(N)=O)co3)c2)n1. The minimum Gasteiger partial charge on any atom is -0.444 e. The van der Waals surface area contributed by atoms with Gasteiger partial charge in [0.1, 0.15) is 6.26 Å². The van der Waals surface area contributed by atoms with Gasteiger partial charge in [-0.1, -0.05) is 18.2 Å². The number of amides is 2. The molecule has 0 radical (unpaired) electrons. The second-order valence-corrected chi connectivity index (χ2v) is 11.0. The first-order valence-electron chi connectivity index (χ1n) is 14.5. The summed E-state index contributed by atoms with van der Waals surface area (Å²) in [6, 6.07) is 17.0. The van der Waals surface area contributed by atoms with Gasteiger partial charge in [-0.2, -0.15) is 0 Å². The van der Waals surface area contributed by atoms with Crippen molar-refractivity contribution in [1.29, 1.82) is 0 Å². The third-order valence-corrected chi connectivity index (χ3v) is 7.65. The summed E-state index contributed by atoms with van der Waals surface area (Å²) in [4.78, 5) is 46.7. The fourth-order valence-corrected chi connectivity index (χ4v) is 4.98. The van der Waals surface area contributed by atoms with Crippen LogP contribution >= 0.6 is 0 Å². The molecule has 0 unspecified atom stereocenters. The van der Waals surface area contributed by atoms with E-state index in [0.717, 1.165) is 44.0 Å². The molecule has 0 aliphatic carbocycles. The number of benzene rings is 2. The molecule has 1 aliphatic rings. The summed E-state index contributed by atoms with van der Waals surface area (Å²) in [5.41, 5.74) is 11.3. The van der Waals surface area contributed by atoms with Crippen molar-refractivity contribution < 1.29 is 14.0 Å². The molecule has 6 rings (SSSR count). The quantitative estimate of drug-likeness (QED) is 0.221. The number of aromatic nitrogens is 4. The van der Waals surface area contributed by atoms with Crippen molar-refractivity contribution in [3.8, 4) is 22.7 Å². The molecule has 1 aliphatic heterocycles. The first-order chi connectivity index (χ1) is 21.8. The predicted octanol–water partition coefficient (Wildman–Crippen LogP) is 4.34. The van der Waals surface area contributed by atoms with E-state index in [0.29, 0.717) is 34.0 Å². The lowest BCUT2D eigenvalue weighted by Gasteiger charge is -2.32. The van der Waals surface area contributed by atoms with E-state index in [9.17, 15) is 9.59 Å². The Balaban J connectivity index is 1.12. The van der Waals surface area contributed by atoms with Gasteiger partial charge in [0.25, 0.3) is 11.8 Å². The molecule has 1 fully saturated rings. The van der Waals surface area contributed by atoms with Gasteiger partial charge in [-0.3, -0.25) is 19.5 Å². The number of carbonyl (C=O) groups excluding carboxylic acids is 2. The number of rotatable bonds is 9. The molecule has 2 amide bonds. The number of hydrogen-bond donors (Lipinski definition) is 3.